The number of benzene rings is 1. The van der Waals surface area contributed by atoms with Gasteiger partial charge < -0.3 is 16.0 Å². The molecular formula is C12H18N4. The third-order valence-corrected chi connectivity index (χ3v) is 3.19. The van der Waals surface area contributed by atoms with Crippen molar-refractivity contribution in [2.75, 3.05) is 6.54 Å². The average molecular weight is 218 g/mol. The van der Waals surface area contributed by atoms with Gasteiger partial charge in [-0.3, -0.25) is 0 Å². The Kier molecular flexibility index (Phi) is 2.48. The molecule has 0 saturated heterocycles. The van der Waals surface area contributed by atoms with Gasteiger partial charge in [0.1, 0.15) is 5.82 Å². The topological polar surface area (TPSA) is 69.9 Å². The smallest absolute Gasteiger partial charge is 0.106 e. The second-order valence-electron chi connectivity index (χ2n) is 4.54. The van der Waals surface area contributed by atoms with Crippen LogP contribution in [-0.4, -0.2) is 16.1 Å². The lowest BCUT2D eigenvalue weighted by Gasteiger charge is -2.22. The molecule has 1 aromatic heterocycles. The first kappa shape index (κ1) is 11.1. The van der Waals surface area contributed by atoms with E-state index in [2.05, 4.69) is 9.55 Å². The Morgan fingerprint density at radius 2 is 2.12 bits per heavy atom. The third-order valence-electron chi connectivity index (χ3n) is 3.19. The number of fused-ring (bicyclic) bond motifs is 1. The highest BCUT2D eigenvalue weighted by atomic mass is 15.0. The zero-order valence-electron chi connectivity index (χ0n) is 9.99. The maximum absolute atomic E-state index is 6.11. The van der Waals surface area contributed by atoms with Crippen LogP contribution in [-0.2, 0) is 12.6 Å². The molecule has 0 bridgehead atoms. The first-order valence-corrected chi connectivity index (χ1v) is 5.38. The van der Waals surface area contributed by atoms with Crippen LogP contribution in [0.1, 0.15) is 18.3 Å². The number of hydrogen-bond acceptors (Lipinski definition) is 3. The molecule has 1 heterocycles. The summed E-state index contributed by atoms with van der Waals surface area (Å²) in [4.78, 5) is 4.49. The van der Waals surface area contributed by atoms with Gasteiger partial charge in [0, 0.05) is 13.6 Å². The number of rotatable bonds is 2. The van der Waals surface area contributed by atoms with E-state index in [0.717, 1.165) is 22.4 Å². The lowest BCUT2D eigenvalue weighted by Crippen LogP contribution is -2.40. The predicted molar refractivity (Wildman–Crippen MR) is 66.0 cm³/mol. The van der Waals surface area contributed by atoms with Crippen LogP contribution >= 0.6 is 0 Å². The highest BCUT2D eigenvalue weighted by Crippen LogP contribution is 2.22. The molecule has 0 aliphatic rings. The maximum atomic E-state index is 6.11. The van der Waals surface area contributed by atoms with Crippen molar-refractivity contribution >= 4 is 11.0 Å². The quantitative estimate of drug-likeness (QED) is 0.790. The fourth-order valence-electron chi connectivity index (χ4n) is 1.79. The van der Waals surface area contributed by atoms with E-state index in [0.29, 0.717) is 6.54 Å². The zero-order chi connectivity index (χ0) is 11.9. The van der Waals surface area contributed by atoms with Gasteiger partial charge in [-0.1, -0.05) is 6.07 Å². The first-order valence-electron chi connectivity index (χ1n) is 5.38. The van der Waals surface area contributed by atoms with Crippen molar-refractivity contribution < 1.29 is 0 Å². The van der Waals surface area contributed by atoms with E-state index in [4.69, 9.17) is 11.5 Å². The summed E-state index contributed by atoms with van der Waals surface area (Å²) in [5, 5.41) is 0. The second kappa shape index (κ2) is 3.57. The number of aryl methyl sites for hydroxylation is 2. The van der Waals surface area contributed by atoms with Gasteiger partial charge in [0.2, 0.25) is 0 Å². The van der Waals surface area contributed by atoms with Crippen molar-refractivity contribution in [3.8, 4) is 0 Å². The van der Waals surface area contributed by atoms with Gasteiger partial charge in [0.15, 0.2) is 0 Å². The monoisotopic (exact) mass is 218 g/mol. The molecule has 0 spiro atoms. The normalized spacial score (nSPS) is 15.3. The van der Waals surface area contributed by atoms with Crippen LogP contribution in [0.4, 0.5) is 0 Å². The highest BCUT2D eigenvalue weighted by molar-refractivity contribution is 5.77. The molecule has 0 aliphatic heterocycles. The lowest BCUT2D eigenvalue weighted by atomic mass is 9.93. The summed E-state index contributed by atoms with van der Waals surface area (Å²) in [6, 6.07) is 6.09. The Bertz CT molecular complexity index is 525. The molecule has 4 nitrogen and oxygen atoms in total. The molecule has 0 saturated carbocycles. The van der Waals surface area contributed by atoms with Gasteiger partial charge in [-0.2, -0.15) is 0 Å². The van der Waals surface area contributed by atoms with E-state index >= 15 is 0 Å². The molecule has 2 rings (SSSR count). The van der Waals surface area contributed by atoms with E-state index in [1.54, 1.807) is 0 Å². The number of imidazole rings is 1. The summed E-state index contributed by atoms with van der Waals surface area (Å²) in [5.74, 6) is 0.999. The minimum Gasteiger partial charge on any atom is -0.331 e. The summed E-state index contributed by atoms with van der Waals surface area (Å²) >= 11 is 0. The molecule has 1 aromatic carbocycles. The molecule has 0 aliphatic carbocycles. The fraction of sp³-hybridized carbons (Fsp3) is 0.417. The largest absolute Gasteiger partial charge is 0.331 e. The molecule has 0 radical (unpaired) electrons. The van der Waals surface area contributed by atoms with Crippen LogP contribution in [0.5, 0.6) is 0 Å². The van der Waals surface area contributed by atoms with Gasteiger partial charge in [-0.15, -0.1) is 0 Å². The van der Waals surface area contributed by atoms with Crippen molar-refractivity contribution in [3.63, 3.8) is 0 Å². The van der Waals surface area contributed by atoms with Crippen molar-refractivity contribution in [2.24, 2.45) is 18.5 Å². The van der Waals surface area contributed by atoms with Gasteiger partial charge in [0.05, 0.1) is 16.6 Å². The van der Waals surface area contributed by atoms with Crippen molar-refractivity contribution in [1.29, 1.82) is 0 Å². The summed E-state index contributed by atoms with van der Waals surface area (Å²) in [6.45, 7) is 4.35. The molecule has 1 unspecified atom stereocenters. The molecule has 2 aromatic rings. The molecule has 0 fully saturated rings. The van der Waals surface area contributed by atoms with Crippen molar-refractivity contribution in [2.45, 2.75) is 19.4 Å². The van der Waals surface area contributed by atoms with Crippen LogP contribution < -0.4 is 11.5 Å². The van der Waals surface area contributed by atoms with Gasteiger partial charge in [-0.25, -0.2) is 4.98 Å². The zero-order valence-corrected chi connectivity index (χ0v) is 9.99. The van der Waals surface area contributed by atoms with E-state index in [1.165, 1.54) is 0 Å². The van der Waals surface area contributed by atoms with Gasteiger partial charge in [0.25, 0.3) is 0 Å². The van der Waals surface area contributed by atoms with Crippen LogP contribution in [0.25, 0.3) is 11.0 Å². The number of hydrogen-bond donors (Lipinski definition) is 2. The highest BCUT2D eigenvalue weighted by Gasteiger charge is 2.19. The Hall–Kier alpha value is -1.39. The first-order chi connectivity index (χ1) is 7.45. The molecule has 1 atom stereocenters. The lowest BCUT2D eigenvalue weighted by molar-refractivity contribution is 0.508. The summed E-state index contributed by atoms with van der Waals surface area (Å²) in [6.07, 6.45) is 0. The van der Waals surface area contributed by atoms with Crippen LogP contribution in [0, 0.1) is 6.92 Å². The van der Waals surface area contributed by atoms with Crippen LogP contribution in [0.2, 0.25) is 0 Å². The minimum atomic E-state index is -0.486. The molecule has 0 amide bonds. The average Bonchev–Trinajstić information content (AvgIpc) is 2.54. The van der Waals surface area contributed by atoms with E-state index in [1.807, 2.05) is 39.1 Å². The van der Waals surface area contributed by atoms with E-state index in [9.17, 15) is 0 Å². The van der Waals surface area contributed by atoms with Crippen molar-refractivity contribution in [1.82, 2.24) is 9.55 Å². The number of aromatic nitrogens is 2. The molecule has 86 valence electrons. The predicted octanol–water partition coefficient (Wildman–Crippen LogP) is 1.01. The Balaban J connectivity index is 2.61. The third kappa shape index (κ3) is 1.60. The summed E-state index contributed by atoms with van der Waals surface area (Å²) < 4.78 is 2.06. The second-order valence-corrected chi connectivity index (χ2v) is 4.54. The van der Waals surface area contributed by atoms with Gasteiger partial charge in [-0.05, 0) is 31.5 Å². The molecule has 4 N–H and O–H groups in total. The summed E-state index contributed by atoms with van der Waals surface area (Å²) in [7, 11) is 2.01. The minimum absolute atomic E-state index is 0.421. The number of nitrogens with zero attached hydrogens (tertiary/aromatic N) is 2. The van der Waals surface area contributed by atoms with Crippen LogP contribution in [0.15, 0.2) is 18.2 Å². The Labute approximate surface area is 95.3 Å². The van der Waals surface area contributed by atoms with E-state index in [-0.39, 0.29) is 0 Å². The maximum Gasteiger partial charge on any atom is 0.106 e. The van der Waals surface area contributed by atoms with E-state index < -0.39 is 5.54 Å². The molecule has 16 heavy (non-hydrogen) atoms. The van der Waals surface area contributed by atoms with Gasteiger partial charge >= 0.3 is 0 Å². The molecular weight excluding hydrogens is 200 g/mol. The summed E-state index contributed by atoms with van der Waals surface area (Å²) in [5.41, 5.74) is 14.4. The Morgan fingerprint density at radius 1 is 1.44 bits per heavy atom. The SMILES string of the molecule is Cc1nc2cc(C(C)(N)CN)ccc2n1C. The fourth-order valence-corrected chi connectivity index (χ4v) is 1.79. The van der Waals surface area contributed by atoms with Crippen molar-refractivity contribution in [3.05, 3.63) is 29.6 Å². The standard InChI is InChI=1S/C12H18N4/c1-8-15-10-6-9(12(2,14)7-13)4-5-11(10)16(8)3/h4-6H,7,13-14H2,1-3H3. The molecule has 4 heteroatoms. The van der Waals surface area contributed by atoms with Crippen LogP contribution in [0.3, 0.4) is 0 Å². The number of nitrogens with two attached hydrogens (primary N) is 2. The Morgan fingerprint density at radius 3 is 2.75 bits per heavy atom.